The first kappa shape index (κ1) is 21.8. The van der Waals surface area contributed by atoms with Crippen LogP contribution in [-0.2, 0) is 16.0 Å². The Morgan fingerprint density at radius 2 is 1.84 bits per heavy atom. The molecule has 32 heavy (non-hydrogen) atoms. The van der Waals surface area contributed by atoms with Crippen molar-refractivity contribution >= 4 is 11.8 Å². The summed E-state index contributed by atoms with van der Waals surface area (Å²) < 4.78 is 4.90. The summed E-state index contributed by atoms with van der Waals surface area (Å²) >= 11 is 0. The molecule has 0 bridgehead atoms. The number of amides is 2. The molecule has 2 amide bonds. The predicted molar refractivity (Wildman–Crippen MR) is 123 cm³/mol. The lowest BCUT2D eigenvalue weighted by atomic mass is 9.84. The van der Waals surface area contributed by atoms with Gasteiger partial charge in [0.15, 0.2) is 0 Å². The Kier molecular flexibility index (Phi) is 6.40. The number of hydrogen-bond acceptors (Lipinski definition) is 4. The van der Waals surface area contributed by atoms with Gasteiger partial charge in [0, 0.05) is 31.5 Å². The van der Waals surface area contributed by atoms with E-state index in [-0.39, 0.29) is 23.4 Å². The van der Waals surface area contributed by atoms with Gasteiger partial charge in [0.05, 0.1) is 6.04 Å². The van der Waals surface area contributed by atoms with Gasteiger partial charge in [-0.25, -0.2) is 0 Å². The maximum atomic E-state index is 12.9. The Hall–Kier alpha value is -3.41. The molecule has 0 radical (unpaired) electrons. The second-order valence-corrected chi connectivity index (χ2v) is 8.67. The highest BCUT2D eigenvalue weighted by molar-refractivity contribution is 5.80. The van der Waals surface area contributed by atoms with Crippen molar-refractivity contribution in [3.05, 3.63) is 78.2 Å². The van der Waals surface area contributed by atoms with E-state index >= 15 is 0 Å². The van der Waals surface area contributed by atoms with Gasteiger partial charge in [-0.2, -0.15) is 0 Å². The van der Waals surface area contributed by atoms with Crippen molar-refractivity contribution in [2.24, 2.45) is 0 Å². The van der Waals surface area contributed by atoms with Crippen molar-refractivity contribution in [3.63, 3.8) is 0 Å². The molecule has 2 aromatic carbocycles. The van der Waals surface area contributed by atoms with E-state index in [4.69, 9.17) is 4.52 Å². The zero-order chi connectivity index (χ0) is 22.6. The second-order valence-electron chi connectivity index (χ2n) is 8.67. The lowest BCUT2D eigenvalue weighted by Gasteiger charge is -2.31. The van der Waals surface area contributed by atoms with Gasteiger partial charge in [0.1, 0.15) is 12.0 Å². The van der Waals surface area contributed by atoms with Crippen LogP contribution in [0, 0.1) is 0 Å². The summed E-state index contributed by atoms with van der Waals surface area (Å²) in [5.41, 5.74) is 3.83. The van der Waals surface area contributed by atoms with E-state index in [1.807, 2.05) is 25.1 Å². The van der Waals surface area contributed by atoms with Crippen molar-refractivity contribution in [2.75, 3.05) is 7.05 Å². The fourth-order valence-corrected chi connectivity index (χ4v) is 4.39. The number of hydrogen-bond donors (Lipinski definition) is 1. The summed E-state index contributed by atoms with van der Waals surface area (Å²) in [7, 11) is 1.78. The molecule has 6 nitrogen and oxygen atoms in total. The average molecular weight is 432 g/mol. The van der Waals surface area contributed by atoms with E-state index in [1.54, 1.807) is 18.0 Å². The second kappa shape index (κ2) is 9.39. The van der Waals surface area contributed by atoms with E-state index < -0.39 is 0 Å². The molecule has 0 aliphatic carbocycles. The first-order chi connectivity index (χ1) is 15.5. The Morgan fingerprint density at radius 1 is 1.12 bits per heavy atom. The molecule has 2 heterocycles. The van der Waals surface area contributed by atoms with Crippen LogP contribution >= 0.6 is 0 Å². The molecule has 1 aromatic heterocycles. The van der Waals surface area contributed by atoms with Gasteiger partial charge in [0.25, 0.3) is 0 Å². The van der Waals surface area contributed by atoms with Gasteiger partial charge in [-0.05, 0) is 42.9 Å². The summed E-state index contributed by atoms with van der Waals surface area (Å²) in [6.07, 6.45) is 4.43. The minimum absolute atomic E-state index is 0.0282. The number of carbonyl (C=O) groups excluding carboxylic acids is 2. The van der Waals surface area contributed by atoms with E-state index in [0.717, 1.165) is 23.2 Å². The molecule has 0 unspecified atom stereocenters. The number of rotatable bonds is 8. The maximum absolute atomic E-state index is 12.9. The molecular formula is C26H29N3O3. The quantitative estimate of drug-likeness (QED) is 0.568. The molecule has 6 heteroatoms. The van der Waals surface area contributed by atoms with Crippen LogP contribution in [0.4, 0.5) is 0 Å². The summed E-state index contributed by atoms with van der Waals surface area (Å²) in [6.45, 7) is 1.93. The maximum Gasteiger partial charge on any atom is 0.222 e. The van der Waals surface area contributed by atoms with Crippen molar-refractivity contribution in [1.29, 1.82) is 0 Å². The van der Waals surface area contributed by atoms with Crippen LogP contribution in [0.2, 0.25) is 0 Å². The van der Waals surface area contributed by atoms with Crippen molar-refractivity contribution in [1.82, 2.24) is 15.4 Å². The van der Waals surface area contributed by atoms with Crippen LogP contribution in [0.3, 0.4) is 0 Å². The van der Waals surface area contributed by atoms with E-state index in [2.05, 4.69) is 46.9 Å². The van der Waals surface area contributed by atoms with Crippen LogP contribution in [0.25, 0.3) is 11.1 Å². The Bertz CT molecular complexity index is 1050. The highest BCUT2D eigenvalue weighted by atomic mass is 16.5. The Labute approximate surface area is 188 Å². The van der Waals surface area contributed by atoms with E-state index in [1.165, 1.54) is 11.8 Å². The topological polar surface area (TPSA) is 75.4 Å². The average Bonchev–Trinajstić information content (AvgIpc) is 3.48. The highest BCUT2D eigenvalue weighted by Crippen LogP contribution is 2.31. The Morgan fingerprint density at radius 3 is 2.47 bits per heavy atom. The fraction of sp³-hybridized carbons (Fsp3) is 0.346. The molecular weight excluding hydrogens is 402 g/mol. The number of carbonyl (C=O) groups is 2. The number of nitrogens with one attached hydrogen (secondary N) is 1. The third kappa shape index (κ3) is 4.90. The Balaban J connectivity index is 1.42. The third-order valence-corrected chi connectivity index (χ3v) is 6.52. The minimum atomic E-state index is -0.390. The summed E-state index contributed by atoms with van der Waals surface area (Å²) in [5.74, 6) is 0.0862. The zero-order valence-electron chi connectivity index (χ0n) is 18.6. The van der Waals surface area contributed by atoms with Crippen LogP contribution in [0.15, 0.2) is 71.4 Å². The van der Waals surface area contributed by atoms with Crippen molar-refractivity contribution in [3.8, 4) is 11.1 Å². The molecule has 1 aliphatic heterocycles. The van der Waals surface area contributed by atoms with Crippen LogP contribution < -0.4 is 5.32 Å². The SMILES string of the molecule is C[C@H](c1ccon1)N(C)C(=O)CC[C@@]1(Cc2ccc(-c3ccccc3)cc2)CCC(=O)N1. The van der Waals surface area contributed by atoms with Crippen LogP contribution in [0.1, 0.15) is 49.9 Å². The molecule has 1 fully saturated rings. The summed E-state index contributed by atoms with van der Waals surface area (Å²) in [6, 6.07) is 20.3. The molecule has 3 aromatic rings. The third-order valence-electron chi connectivity index (χ3n) is 6.52. The number of aromatic nitrogens is 1. The first-order valence-electron chi connectivity index (χ1n) is 11.1. The van der Waals surface area contributed by atoms with Crippen LogP contribution in [-0.4, -0.2) is 34.5 Å². The molecule has 1 N–H and O–H groups in total. The molecule has 0 saturated carbocycles. The monoisotopic (exact) mass is 431 g/mol. The molecule has 0 spiro atoms. The molecule has 1 aliphatic rings. The predicted octanol–water partition coefficient (Wildman–Crippen LogP) is 4.53. The number of benzene rings is 2. The fourth-order valence-electron chi connectivity index (χ4n) is 4.39. The molecule has 2 atom stereocenters. The zero-order valence-corrected chi connectivity index (χ0v) is 18.6. The van der Waals surface area contributed by atoms with E-state index in [0.29, 0.717) is 25.7 Å². The van der Waals surface area contributed by atoms with Gasteiger partial charge in [-0.1, -0.05) is 59.8 Å². The highest BCUT2D eigenvalue weighted by Gasteiger charge is 2.38. The molecule has 166 valence electrons. The van der Waals surface area contributed by atoms with E-state index in [9.17, 15) is 9.59 Å². The normalized spacial score (nSPS) is 18.9. The van der Waals surface area contributed by atoms with Gasteiger partial charge in [-0.3, -0.25) is 9.59 Å². The number of nitrogens with zero attached hydrogens (tertiary/aromatic N) is 2. The lowest BCUT2D eigenvalue weighted by Crippen LogP contribution is -2.44. The standard InChI is InChI=1S/C26H29N3O3/c1-19(23-14-17-32-28-23)29(2)25(31)13-16-26(15-12-24(30)27-26)18-20-8-10-22(11-9-20)21-6-4-3-5-7-21/h3-11,14,17,19H,12-13,15-16,18H2,1-2H3,(H,27,30)/t19-,26-/m1/s1. The van der Waals surface area contributed by atoms with Gasteiger partial charge < -0.3 is 14.7 Å². The summed E-state index contributed by atoms with van der Waals surface area (Å²) in [5, 5.41) is 7.12. The largest absolute Gasteiger partial charge is 0.364 e. The molecule has 1 saturated heterocycles. The lowest BCUT2D eigenvalue weighted by molar-refractivity contribution is -0.132. The van der Waals surface area contributed by atoms with Gasteiger partial charge >= 0.3 is 0 Å². The van der Waals surface area contributed by atoms with Gasteiger partial charge in [0.2, 0.25) is 11.8 Å². The first-order valence-corrected chi connectivity index (χ1v) is 11.1. The minimum Gasteiger partial charge on any atom is -0.364 e. The summed E-state index contributed by atoms with van der Waals surface area (Å²) in [4.78, 5) is 26.7. The van der Waals surface area contributed by atoms with Crippen LogP contribution in [0.5, 0.6) is 0 Å². The smallest absolute Gasteiger partial charge is 0.222 e. The van der Waals surface area contributed by atoms with Crippen molar-refractivity contribution < 1.29 is 14.1 Å². The van der Waals surface area contributed by atoms with Gasteiger partial charge in [-0.15, -0.1) is 0 Å². The molecule has 4 rings (SSSR count). The van der Waals surface area contributed by atoms with Crippen molar-refractivity contribution in [2.45, 2.75) is 50.6 Å².